The maximum Gasteiger partial charge on any atom is 0.130 e. The van der Waals surface area contributed by atoms with E-state index in [1.165, 1.54) is 16.8 Å². The molecular formula is C14H12N4S2. The van der Waals surface area contributed by atoms with Gasteiger partial charge in [-0.2, -0.15) is 5.26 Å². The van der Waals surface area contributed by atoms with E-state index in [4.69, 9.17) is 5.26 Å². The summed E-state index contributed by atoms with van der Waals surface area (Å²) in [5.41, 5.74) is 5.53. The van der Waals surface area contributed by atoms with Crippen LogP contribution < -0.4 is 4.72 Å². The van der Waals surface area contributed by atoms with E-state index in [2.05, 4.69) is 27.7 Å². The van der Waals surface area contributed by atoms with Crippen molar-refractivity contribution in [2.75, 3.05) is 4.72 Å². The number of aromatic nitrogens is 2. The van der Waals surface area contributed by atoms with Crippen LogP contribution in [-0.4, -0.2) is 9.97 Å². The SMILES string of the molecule is Cc1scnc1SNc1ccc(C)c2c(C#N)c[nH]c12. The molecule has 1 aromatic carbocycles. The van der Waals surface area contributed by atoms with Crippen LogP contribution in [0.5, 0.6) is 0 Å². The van der Waals surface area contributed by atoms with Gasteiger partial charge in [-0.25, -0.2) is 4.98 Å². The lowest BCUT2D eigenvalue weighted by molar-refractivity contribution is 1.16. The quantitative estimate of drug-likeness (QED) is 0.710. The largest absolute Gasteiger partial charge is 0.358 e. The predicted octanol–water partition coefficient (Wildman–Crippen LogP) is 4.23. The van der Waals surface area contributed by atoms with Crippen LogP contribution in [0.2, 0.25) is 0 Å². The Morgan fingerprint density at radius 1 is 1.40 bits per heavy atom. The summed E-state index contributed by atoms with van der Waals surface area (Å²) in [6.45, 7) is 4.06. The van der Waals surface area contributed by atoms with Crippen LogP contribution in [0, 0.1) is 25.2 Å². The van der Waals surface area contributed by atoms with Gasteiger partial charge < -0.3 is 9.71 Å². The third kappa shape index (κ3) is 2.15. The fraction of sp³-hybridized carbons (Fsp3) is 0.143. The standard InChI is InChI=1S/C14H12N4S2/c1-8-3-4-11(13-12(8)10(5-15)6-16-13)18-20-14-9(2)19-7-17-14/h3-4,6-7,16,18H,1-2H3. The highest BCUT2D eigenvalue weighted by Crippen LogP contribution is 2.32. The van der Waals surface area contributed by atoms with E-state index in [0.29, 0.717) is 5.56 Å². The van der Waals surface area contributed by atoms with Crippen LogP contribution in [0.4, 0.5) is 5.69 Å². The summed E-state index contributed by atoms with van der Waals surface area (Å²) in [7, 11) is 0. The zero-order valence-corrected chi connectivity index (χ0v) is 12.7. The van der Waals surface area contributed by atoms with Gasteiger partial charge in [0.1, 0.15) is 11.1 Å². The van der Waals surface area contributed by atoms with E-state index in [0.717, 1.165) is 27.2 Å². The molecule has 0 atom stereocenters. The van der Waals surface area contributed by atoms with Crippen LogP contribution in [0.3, 0.4) is 0 Å². The van der Waals surface area contributed by atoms with E-state index in [1.807, 2.05) is 24.6 Å². The Morgan fingerprint density at radius 3 is 2.95 bits per heavy atom. The number of rotatable bonds is 3. The van der Waals surface area contributed by atoms with E-state index in [-0.39, 0.29) is 0 Å². The number of fused-ring (bicyclic) bond motifs is 1. The maximum absolute atomic E-state index is 9.15. The first-order chi connectivity index (χ1) is 9.70. The van der Waals surface area contributed by atoms with Crippen molar-refractivity contribution < 1.29 is 0 Å². The molecule has 3 rings (SSSR count). The van der Waals surface area contributed by atoms with Crippen molar-refractivity contribution in [2.24, 2.45) is 0 Å². The number of thiazole rings is 1. The van der Waals surface area contributed by atoms with Gasteiger partial charge in [-0.1, -0.05) is 6.07 Å². The minimum Gasteiger partial charge on any atom is -0.358 e. The molecule has 0 aliphatic rings. The van der Waals surface area contributed by atoms with Gasteiger partial charge in [-0.3, -0.25) is 0 Å². The molecule has 0 saturated carbocycles. The fourth-order valence-electron chi connectivity index (χ4n) is 2.09. The van der Waals surface area contributed by atoms with Crippen molar-refractivity contribution in [1.82, 2.24) is 9.97 Å². The lowest BCUT2D eigenvalue weighted by atomic mass is 10.1. The Morgan fingerprint density at radius 2 is 2.25 bits per heavy atom. The van der Waals surface area contributed by atoms with Crippen molar-refractivity contribution >= 4 is 39.9 Å². The first-order valence-corrected chi connectivity index (χ1v) is 7.74. The van der Waals surface area contributed by atoms with Crippen LogP contribution in [0.25, 0.3) is 10.9 Å². The Bertz CT molecular complexity index is 810. The molecule has 0 amide bonds. The van der Waals surface area contributed by atoms with E-state index in [1.54, 1.807) is 17.5 Å². The molecule has 2 heterocycles. The lowest BCUT2D eigenvalue weighted by Crippen LogP contribution is -1.90. The molecule has 0 spiro atoms. The van der Waals surface area contributed by atoms with Crippen LogP contribution >= 0.6 is 23.3 Å². The third-order valence-corrected chi connectivity index (χ3v) is 4.94. The molecule has 100 valence electrons. The molecular weight excluding hydrogens is 288 g/mol. The van der Waals surface area contributed by atoms with Crippen molar-refractivity contribution in [1.29, 1.82) is 5.26 Å². The van der Waals surface area contributed by atoms with Gasteiger partial charge in [0.05, 0.1) is 22.3 Å². The number of aryl methyl sites for hydroxylation is 2. The molecule has 20 heavy (non-hydrogen) atoms. The summed E-state index contributed by atoms with van der Waals surface area (Å²) in [5.74, 6) is 0. The second-order valence-electron chi connectivity index (χ2n) is 4.41. The molecule has 6 heteroatoms. The number of nitrogens with one attached hydrogen (secondary N) is 2. The Kier molecular flexibility index (Phi) is 3.38. The van der Waals surface area contributed by atoms with Crippen molar-refractivity contribution in [3.8, 4) is 6.07 Å². The summed E-state index contributed by atoms with van der Waals surface area (Å²) in [5, 5.41) is 11.1. The Labute approximate surface area is 125 Å². The highest BCUT2D eigenvalue weighted by Gasteiger charge is 2.11. The number of hydrogen-bond acceptors (Lipinski definition) is 5. The molecule has 0 saturated heterocycles. The minimum atomic E-state index is 0.677. The second kappa shape index (κ2) is 5.19. The monoisotopic (exact) mass is 300 g/mol. The van der Waals surface area contributed by atoms with Gasteiger partial charge in [0.25, 0.3) is 0 Å². The van der Waals surface area contributed by atoms with E-state index < -0.39 is 0 Å². The minimum absolute atomic E-state index is 0.677. The number of hydrogen-bond donors (Lipinski definition) is 2. The number of anilines is 1. The molecule has 0 radical (unpaired) electrons. The molecule has 2 aromatic heterocycles. The first kappa shape index (κ1) is 13.0. The molecule has 0 bridgehead atoms. The third-order valence-electron chi connectivity index (χ3n) is 3.12. The van der Waals surface area contributed by atoms with Gasteiger partial charge in [0.15, 0.2) is 0 Å². The van der Waals surface area contributed by atoms with Crippen LogP contribution in [0.15, 0.2) is 28.9 Å². The highest BCUT2D eigenvalue weighted by atomic mass is 32.2. The number of H-pyrrole nitrogens is 1. The van der Waals surface area contributed by atoms with E-state index in [9.17, 15) is 0 Å². The smallest absolute Gasteiger partial charge is 0.130 e. The molecule has 4 nitrogen and oxygen atoms in total. The Balaban J connectivity index is 1.97. The van der Waals surface area contributed by atoms with Crippen LogP contribution in [0.1, 0.15) is 16.0 Å². The summed E-state index contributed by atoms with van der Waals surface area (Å²) in [6.07, 6.45) is 1.75. The van der Waals surface area contributed by atoms with Gasteiger partial charge in [0.2, 0.25) is 0 Å². The lowest BCUT2D eigenvalue weighted by Gasteiger charge is -2.07. The molecule has 0 unspecified atom stereocenters. The zero-order valence-electron chi connectivity index (χ0n) is 11.0. The normalized spacial score (nSPS) is 10.7. The summed E-state index contributed by atoms with van der Waals surface area (Å²) < 4.78 is 3.32. The topological polar surface area (TPSA) is 64.5 Å². The van der Waals surface area contributed by atoms with Crippen molar-refractivity contribution in [3.63, 3.8) is 0 Å². The van der Waals surface area contributed by atoms with Gasteiger partial charge in [-0.05, 0) is 25.5 Å². The van der Waals surface area contributed by atoms with Crippen molar-refractivity contribution in [2.45, 2.75) is 18.9 Å². The molecule has 0 fully saturated rings. The average Bonchev–Trinajstić information content (AvgIpc) is 3.05. The number of benzene rings is 1. The molecule has 0 aliphatic carbocycles. The van der Waals surface area contributed by atoms with Gasteiger partial charge in [0, 0.05) is 28.4 Å². The number of aromatic amines is 1. The summed E-state index contributed by atoms with van der Waals surface area (Å²) in [4.78, 5) is 8.67. The Hall–Kier alpha value is -1.97. The highest BCUT2D eigenvalue weighted by molar-refractivity contribution is 8.00. The molecule has 0 aliphatic heterocycles. The number of nitriles is 1. The second-order valence-corrected chi connectivity index (χ2v) is 6.27. The summed E-state index contributed by atoms with van der Waals surface area (Å²) >= 11 is 3.12. The molecule has 3 aromatic rings. The van der Waals surface area contributed by atoms with Crippen LogP contribution in [-0.2, 0) is 0 Å². The fourth-order valence-corrected chi connectivity index (χ4v) is 3.52. The van der Waals surface area contributed by atoms with Crippen molar-refractivity contribution in [3.05, 3.63) is 39.8 Å². The number of nitrogens with zero attached hydrogens (tertiary/aromatic N) is 2. The van der Waals surface area contributed by atoms with Gasteiger partial charge in [-0.15, -0.1) is 11.3 Å². The van der Waals surface area contributed by atoms with Gasteiger partial charge >= 0.3 is 0 Å². The molecule has 2 N–H and O–H groups in total. The maximum atomic E-state index is 9.15. The zero-order chi connectivity index (χ0) is 14.1. The average molecular weight is 300 g/mol. The predicted molar refractivity (Wildman–Crippen MR) is 84.1 cm³/mol. The van der Waals surface area contributed by atoms with E-state index >= 15 is 0 Å². The summed E-state index contributed by atoms with van der Waals surface area (Å²) in [6, 6.07) is 6.26. The first-order valence-electron chi connectivity index (χ1n) is 6.04.